The lowest BCUT2D eigenvalue weighted by Gasteiger charge is -2.36. The van der Waals surface area contributed by atoms with Crippen molar-refractivity contribution in [2.45, 2.75) is 75.3 Å². The van der Waals surface area contributed by atoms with Crippen molar-refractivity contribution in [1.29, 1.82) is 0 Å². The van der Waals surface area contributed by atoms with Crippen molar-refractivity contribution in [3.8, 4) is 0 Å². The zero-order chi connectivity index (χ0) is 36.1. The van der Waals surface area contributed by atoms with Crippen LogP contribution in [0.1, 0.15) is 55.8 Å². The van der Waals surface area contributed by atoms with Gasteiger partial charge in [-0.2, -0.15) is 0 Å². The van der Waals surface area contributed by atoms with Crippen molar-refractivity contribution in [2.24, 2.45) is 11.8 Å². The molecule has 2 aromatic rings. The second-order valence-electron chi connectivity index (χ2n) is 13.6. The first-order chi connectivity index (χ1) is 24.7. The maximum absolute atomic E-state index is 15.1. The number of methoxy groups -OCH3 is 1. The number of esters is 1. The second kappa shape index (κ2) is 16.1. The molecule has 2 aromatic carbocycles. The van der Waals surface area contributed by atoms with E-state index < -0.39 is 47.7 Å². The number of cyclic esters (lactones) is 1. The lowest BCUT2D eigenvalue weighted by Crippen LogP contribution is -2.56. The molecular formula is C39H46ClN3O8. The van der Waals surface area contributed by atoms with E-state index in [1.165, 1.54) is 7.11 Å². The van der Waals surface area contributed by atoms with E-state index in [1.807, 2.05) is 61.5 Å². The van der Waals surface area contributed by atoms with E-state index in [4.69, 9.17) is 25.8 Å². The summed E-state index contributed by atoms with van der Waals surface area (Å²) in [7, 11) is 1.51. The van der Waals surface area contributed by atoms with Crippen LogP contribution < -0.4 is 10.2 Å². The topological polar surface area (TPSA) is 135 Å². The summed E-state index contributed by atoms with van der Waals surface area (Å²) in [5.74, 6) is -3.70. The number of aliphatic hydroxyl groups is 1. The smallest absolute Gasteiger partial charge is 0.313 e. The lowest BCUT2D eigenvalue weighted by atomic mass is 9.74. The number of allylic oxidation sites excluding steroid dienone is 1. The molecule has 2 saturated heterocycles. The number of amides is 3. The van der Waals surface area contributed by atoms with Gasteiger partial charge in [-0.3, -0.25) is 19.2 Å². The number of ether oxygens (including phenoxy) is 3. The Kier molecular flexibility index (Phi) is 11.6. The van der Waals surface area contributed by atoms with Crippen LogP contribution in [0.25, 0.3) is 0 Å². The predicted molar refractivity (Wildman–Crippen MR) is 191 cm³/mol. The monoisotopic (exact) mass is 719 g/mol. The van der Waals surface area contributed by atoms with Crippen LogP contribution in [0, 0.1) is 18.8 Å². The summed E-state index contributed by atoms with van der Waals surface area (Å²) in [6.07, 6.45) is 8.78. The molecule has 7 atom stereocenters. The van der Waals surface area contributed by atoms with E-state index in [0.717, 1.165) is 18.4 Å². The van der Waals surface area contributed by atoms with Gasteiger partial charge in [-0.05, 0) is 43.4 Å². The minimum absolute atomic E-state index is 0.0675. The van der Waals surface area contributed by atoms with E-state index in [0.29, 0.717) is 35.5 Å². The van der Waals surface area contributed by atoms with Gasteiger partial charge in [-0.15, -0.1) is 0 Å². The maximum Gasteiger partial charge on any atom is 0.313 e. The molecule has 12 heteroatoms. The zero-order valence-electron chi connectivity index (χ0n) is 29.0. The molecule has 3 amide bonds. The van der Waals surface area contributed by atoms with Crippen molar-refractivity contribution in [3.05, 3.63) is 89.0 Å². The third kappa shape index (κ3) is 7.22. The highest BCUT2D eigenvalue weighted by Crippen LogP contribution is 2.56. The standard InChI is InChI=1S/C39H46ClN3O8/c1-25-14-13-17-27(40)33(25)42-21-11-6-9-18-30(45)41-28(24-49-2)34(26-15-7-5-8-16-26)50-38(48)31-29-19-20-39(51-29)32(31)36(46)43(35(39)37(42)47)22-10-3-4-12-23-44/h5-8,11,13-17,19-20,28-29,31-32,34-35,44H,3-4,9-10,12,18,21-24H2,1-2H3,(H,41,45)/b11-6-/t28-,29+,31-,32-,34-,35+,39-/m0/s1. The first-order valence-electron chi connectivity index (χ1n) is 17.8. The van der Waals surface area contributed by atoms with Gasteiger partial charge in [0.05, 0.1) is 35.4 Å². The Morgan fingerprint density at radius 1 is 1.00 bits per heavy atom. The SMILES string of the molecule is COC[C@@H]1NC(=O)CC/C=C\CN(c2c(C)cccc2Cl)C(=O)[C@H]2N(CCCCCCO)C(=O)[C@@H]3[C@@H](C(=O)O[C@H]1c1ccccc1)[C@H]1C=C[C@]32O1. The molecule has 11 nitrogen and oxygen atoms in total. The summed E-state index contributed by atoms with van der Waals surface area (Å²) >= 11 is 6.77. The fourth-order valence-electron chi connectivity index (χ4n) is 8.01. The number of halogens is 1. The van der Waals surface area contributed by atoms with Gasteiger partial charge in [0, 0.05) is 33.2 Å². The number of hydrogen-bond acceptors (Lipinski definition) is 8. The average Bonchev–Trinajstić information content (AvgIpc) is 3.76. The molecule has 5 bridgehead atoms. The highest BCUT2D eigenvalue weighted by atomic mass is 35.5. The molecule has 0 unspecified atom stereocenters. The van der Waals surface area contributed by atoms with Gasteiger partial charge in [-0.25, -0.2) is 0 Å². The summed E-state index contributed by atoms with van der Waals surface area (Å²) in [5.41, 5.74) is 0.524. The summed E-state index contributed by atoms with van der Waals surface area (Å²) in [4.78, 5) is 60.6. The molecule has 2 fully saturated rings. The Balaban J connectivity index is 1.44. The quantitative estimate of drug-likeness (QED) is 0.209. The molecule has 0 aromatic heterocycles. The highest BCUT2D eigenvalue weighted by molar-refractivity contribution is 6.34. The fourth-order valence-corrected chi connectivity index (χ4v) is 8.34. The summed E-state index contributed by atoms with van der Waals surface area (Å²) in [6, 6.07) is 12.7. The molecular weight excluding hydrogens is 674 g/mol. The fraction of sp³-hybridized carbons (Fsp3) is 0.487. The number of likely N-dealkylation sites (tertiary alicyclic amines) is 1. The van der Waals surface area contributed by atoms with Crippen LogP contribution in [0.2, 0.25) is 5.02 Å². The van der Waals surface area contributed by atoms with E-state index in [-0.39, 0.29) is 50.4 Å². The number of aliphatic hydroxyl groups excluding tert-OH is 1. The number of carbonyl (C=O) groups is 4. The van der Waals surface area contributed by atoms with E-state index in [2.05, 4.69) is 5.32 Å². The van der Waals surface area contributed by atoms with Crippen LogP contribution in [-0.2, 0) is 33.4 Å². The Bertz CT molecular complexity index is 1650. The highest BCUT2D eigenvalue weighted by Gasteiger charge is 2.73. The Morgan fingerprint density at radius 3 is 2.53 bits per heavy atom. The van der Waals surface area contributed by atoms with Crippen LogP contribution in [0.5, 0.6) is 0 Å². The molecule has 272 valence electrons. The first kappa shape index (κ1) is 36.8. The molecule has 1 spiro atoms. The molecule has 4 aliphatic rings. The molecule has 51 heavy (non-hydrogen) atoms. The number of nitrogens with zero attached hydrogens (tertiary/aromatic N) is 2. The normalized spacial score (nSPS) is 30.0. The van der Waals surface area contributed by atoms with E-state index in [1.54, 1.807) is 28.0 Å². The lowest BCUT2D eigenvalue weighted by molar-refractivity contribution is -0.162. The van der Waals surface area contributed by atoms with Crippen molar-refractivity contribution < 1.29 is 38.5 Å². The number of benzene rings is 2. The molecule has 4 aliphatic heterocycles. The van der Waals surface area contributed by atoms with Gasteiger partial charge in [0.1, 0.15) is 23.7 Å². The number of unbranched alkanes of at least 4 members (excludes halogenated alkanes) is 3. The summed E-state index contributed by atoms with van der Waals surface area (Å²) in [6.45, 7) is 2.41. The molecule has 0 aliphatic carbocycles. The van der Waals surface area contributed by atoms with Crippen LogP contribution in [0.15, 0.2) is 72.8 Å². The largest absolute Gasteiger partial charge is 0.455 e. The van der Waals surface area contributed by atoms with Crippen LogP contribution >= 0.6 is 11.6 Å². The molecule has 4 heterocycles. The number of carbonyl (C=O) groups excluding carboxylic acids is 4. The van der Waals surface area contributed by atoms with E-state index in [9.17, 15) is 19.5 Å². The van der Waals surface area contributed by atoms with Gasteiger partial charge >= 0.3 is 5.97 Å². The molecule has 2 N–H and O–H groups in total. The number of fused-ring (bicyclic) bond motifs is 2. The van der Waals surface area contributed by atoms with Crippen LogP contribution in [0.3, 0.4) is 0 Å². The van der Waals surface area contributed by atoms with Gasteiger partial charge in [0.2, 0.25) is 11.8 Å². The predicted octanol–water partition coefficient (Wildman–Crippen LogP) is 4.45. The Hall–Kier alpha value is -4.03. The van der Waals surface area contributed by atoms with Gasteiger partial charge in [-0.1, -0.05) is 91.2 Å². The van der Waals surface area contributed by atoms with Gasteiger partial charge < -0.3 is 34.4 Å². The summed E-state index contributed by atoms with van der Waals surface area (Å²) in [5, 5.41) is 12.7. The Morgan fingerprint density at radius 2 is 1.78 bits per heavy atom. The van der Waals surface area contributed by atoms with E-state index >= 15 is 4.79 Å². The minimum Gasteiger partial charge on any atom is -0.455 e. The Labute approximate surface area is 303 Å². The molecule has 0 saturated carbocycles. The number of aryl methyl sites for hydroxylation is 1. The van der Waals surface area contributed by atoms with Crippen LogP contribution in [-0.4, -0.2) is 90.9 Å². The minimum atomic E-state index is -1.42. The number of hydrogen-bond donors (Lipinski definition) is 2. The third-order valence-corrected chi connectivity index (χ3v) is 10.6. The number of nitrogens with one attached hydrogen (secondary N) is 1. The number of anilines is 1. The zero-order valence-corrected chi connectivity index (χ0v) is 29.8. The second-order valence-corrected chi connectivity index (χ2v) is 14.0. The van der Waals surface area contributed by atoms with Crippen molar-refractivity contribution in [3.63, 3.8) is 0 Å². The number of rotatable bonds is 10. The third-order valence-electron chi connectivity index (χ3n) is 10.3. The van der Waals surface area contributed by atoms with Crippen LogP contribution in [0.4, 0.5) is 5.69 Å². The average molecular weight is 720 g/mol. The number of para-hydroxylation sites is 1. The molecule has 6 rings (SSSR count). The van der Waals surface area contributed by atoms with Gasteiger partial charge in [0.25, 0.3) is 5.91 Å². The van der Waals surface area contributed by atoms with Gasteiger partial charge in [0.15, 0.2) is 0 Å². The summed E-state index contributed by atoms with van der Waals surface area (Å²) < 4.78 is 18.4. The molecule has 0 radical (unpaired) electrons. The van der Waals surface area contributed by atoms with Crippen molar-refractivity contribution in [1.82, 2.24) is 10.2 Å². The first-order valence-corrected chi connectivity index (χ1v) is 18.1. The van der Waals surface area contributed by atoms with Crippen molar-refractivity contribution >= 4 is 41.0 Å². The van der Waals surface area contributed by atoms with Crippen molar-refractivity contribution in [2.75, 3.05) is 38.3 Å². The maximum atomic E-state index is 15.1.